The van der Waals surface area contributed by atoms with E-state index in [2.05, 4.69) is 6.58 Å². The highest BCUT2D eigenvalue weighted by atomic mass is 32.2. The topological polar surface area (TPSA) is 52.6 Å². The predicted octanol–water partition coefficient (Wildman–Crippen LogP) is 3.72. The molecule has 1 aliphatic heterocycles. The molecule has 24 heavy (non-hydrogen) atoms. The van der Waals surface area contributed by atoms with Crippen molar-refractivity contribution in [1.29, 1.82) is 0 Å². The lowest BCUT2D eigenvalue weighted by atomic mass is 9.89. The number of benzene rings is 2. The van der Waals surface area contributed by atoms with Crippen LogP contribution in [0.4, 0.5) is 0 Å². The molecule has 0 N–H and O–H groups in total. The lowest BCUT2D eigenvalue weighted by Crippen LogP contribution is -2.40. The fourth-order valence-electron chi connectivity index (χ4n) is 3.25. The smallest absolute Gasteiger partial charge is 0.188 e. The predicted molar refractivity (Wildman–Crippen MR) is 93.2 cm³/mol. The maximum atomic E-state index is 13.5. The van der Waals surface area contributed by atoms with Gasteiger partial charge in [0.25, 0.3) is 0 Å². The van der Waals surface area contributed by atoms with Crippen LogP contribution in [0, 0.1) is 0 Å². The molecule has 1 unspecified atom stereocenters. The Morgan fingerprint density at radius 1 is 1.25 bits per heavy atom. The molecule has 0 aromatic heterocycles. The summed E-state index contributed by atoms with van der Waals surface area (Å²) in [5.74, 6) is 1.20. The number of rotatable bonds is 5. The van der Waals surface area contributed by atoms with Crippen LogP contribution in [0.5, 0.6) is 11.5 Å². The SMILES string of the molecule is C=CCC1(S(=O)(=O)c2ccccc2)CCOc2cc(OC)ccc21. The van der Waals surface area contributed by atoms with Gasteiger partial charge in [0.1, 0.15) is 16.2 Å². The van der Waals surface area contributed by atoms with Crippen LogP contribution >= 0.6 is 0 Å². The molecule has 0 amide bonds. The Kier molecular flexibility index (Phi) is 4.37. The quantitative estimate of drug-likeness (QED) is 0.776. The molecule has 0 saturated heterocycles. The van der Waals surface area contributed by atoms with Gasteiger partial charge < -0.3 is 9.47 Å². The first-order valence-corrected chi connectivity index (χ1v) is 9.25. The lowest BCUT2D eigenvalue weighted by molar-refractivity contribution is 0.249. The molecule has 1 heterocycles. The van der Waals surface area contributed by atoms with Gasteiger partial charge in [-0.2, -0.15) is 0 Å². The van der Waals surface area contributed by atoms with Gasteiger partial charge in [0.15, 0.2) is 9.84 Å². The maximum Gasteiger partial charge on any atom is 0.188 e. The van der Waals surface area contributed by atoms with Crippen molar-refractivity contribution in [1.82, 2.24) is 0 Å². The first-order chi connectivity index (χ1) is 11.5. The van der Waals surface area contributed by atoms with Crippen molar-refractivity contribution in [3.05, 3.63) is 66.7 Å². The molecule has 0 spiro atoms. The van der Waals surface area contributed by atoms with Crippen LogP contribution in [-0.2, 0) is 14.6 Å². The Labute approximate surface area is 142 Å². The molecule has 0 bridgehead atoms. The van der Waals surface area contributed by atoms with Crippen molar-refractivity contribution in [2.75, 3.05) is 13.7 Å². The van der Waals surface area contributed by atoms with Crippen LogP contribution in [0.25, 0.3) is 0 Å². The van der Waals surface area contributed by atoms with E-state index < -0.39 is 14.6 Å². The molecular weight excluding hydrogens is 324 g/mol. The summed E-state index contributed by atoms with van der Waals surface area (Å²) in [5, 5.41) is 0. The van der Waals surface area contributed by atoms with Gasteiger partial charge in [-0.3, -0.25) is 0 Å². The number of sulfone groups is 1. The van der Waals surface area contributed by atoms with Gasteiger partial charge in [-0.05, 0) is 24.6 Å². The molecule has 0 aliphatic carbocycles. The summed E-state index contributed by atoms with van der Waals surface area (Å²) >= 11 is 0. The molecule has 3 rings (SSSR count). The number of hydrogen-bond acceptors (Lipinski definition) is 4. The van der Waals surface area contributed by atoms with E-state index in [0.29, 0.717) is 41.4 Å². The normalized spacial score (nSPS) is 19.9. The Morgan fingerprint density at radius 2 is 2.00 bits per heavy atom. The van der Waals surface area contributed by atoms with Crippen LogP contribution in [0.2, 0.25) is 0 Å². The number of allylic oxidation sites excluding steroid dienone is 1. The number of ether oxygens (including phenoxy) is 2. The third-order valence-corrected chi connectivity index (χ3v) is 7.00. The summed E-state index contributed by atoms with van der Waals surface area (Å²) in [6.45, 7) is 4.12. The maximum absolute atomic E-state index is 13.5. The molecule has 1 atom stereocenters. The second kappa shape index (κ2) is 6.32. The Morgan fingerprint density at radius 3 is 2.67 bits per heavy atom. The summed E-state index contributed by atoms with van der Waals surface area (Å²) in [4.78, 5) is 0.315. The van der Waals surface area contributed by atoms with E-state index in [-0.39, 0.29) is 0 Å². The largest absolute Gasteiger partial charge is 0.497 e. The lowest BCUT2D eigenvalue weighted by Gasteiger charge is -2.37. The van der Waals surface area contributed by atoms with E-state index in [1.54, 1.807) is 55.7 Å². The van der Waals surface area contributed by atoms with E-state index in [4.69, 9.17) is 9.47 Å². The van der Waals surface area contributed by atoms with E-state index in [1.165, 1.54) is 0 Å². The van der Waals surface area contributed by atoms with Gasteiger partial charge >= 0.3 is 0 Å². The molecule has 0 fully saturated rings. The standard InChI is InChI=1S/C19H20O4S/c1-3-11-19(24(20,21)16-7-5-4-6-8-16)12-13-23-18-14-15(22-2)9-10-17(18)19/h3-10,14H,1,11-13H2,2H3. The van der Waals surface area contributed by atoms with Crippen LogP contribution in [0.3, 0.4) is 0 Å². The van der Waals surface area contributed by atoms with Crippen molar-refractivity contribution < 1.29 is 17.9 Å². The number of hydrogen-bond donors (Lipinski definition) is 0. The van der Waals surface area contributed by atoms with Crippen LogP contribution < -0.4 is 9.47 Å². The molecule has 0 radical (unpaired) electrons. The summed E-state index contributed by atoms with van der Waals surface area (Å²) in [6, 6.07) is 13.9. The fourth-order valence-corrected chi connectivity index (χ4v) is 5.36. The van der Waals surface area contributed by atoms with Crippen molar-refractivity contribution in [3.63, 3.8) is 0 Å². The summed E-state index contributed by atoms with van der Waals surface area (Å²) in [6.07, 6.45) is 2.38. The zero-order valence-corrected chi connectivity index (χ0v) is 14.4. The second-order valence-corrected chi connectivity index (χ2v) is 8.02. The third-order valence-electron chi connectivity index (χ3n) is 4.49. The Bertz CT molecular complexity index is 843. The highest BCUT2D eigenvalue weighted by Crippen LogP contribution is 2.48. The van der Waals surface area contributed by atoms with E-state index in [1.807, 2.05) is 6.07 Å². The molecule has 2 aromatic rings. The van der Waals surface area contributed by atoms with Crippen molar-refractivity contribution >= 4 is 9.84 Å². The van der Waals surface area contributed by atoms with Crippen molar-refractivity contribution in [2.24, 2.45) is 0 Å². The van der Waals surface area contributed by atoms with E-state index in [0.717, 1.165) is 0 Å². The molecule has 126 valence electrons. The number of methoxy groups -OCH3 is 1. The zero-order chi connectivity index (χ0) is 17.2. The highest BCUT2D eigenvalue weighted by Gasteiger charge is 2.48. The fraction of sp³-hybridized carbons (Fsp3) is 0.263. The van der Waals surface area contributed by atoms with Crippen LogP contribution in [-0.4, -0.2) is 22.1 Å². The third kappa shape index (κ3) is 2.49. The minimum atomic E-state index is -3.61. The Balaban J connectivity index is 2.23. The van der Waals surface area contributed by atoms with Gasteiger partial charge in [-0.1, -0.05) is 30.3 Å². The van der Waals surface area contributed by atoms with Gasteiger partial charge in [-0.15, -0.1) is 6.58 Å². The first kappa shape index (κ1) is 16.6. The molecular formula is C19H20O4S. The summed E-state index contributed by atoms with van der Waals surface area (Å²) in [5.41, 5.74) is 0.665. The van der Waals surface area contributed by atoms with Crippen LogP contribution in [0.15, 0.2) is 66.1 Å². The average molecular weight is 344 g/mol. The molecule has 2 aromatic carbocycles. The minimum Gasteiger partial charge on any atom is -0.497 e. The molecule has 5 heteroatoms. The van der Waals surface area contributed by atoms with Gasteiger partial charge in [0, 0.05) is 18.1 Å². The Hall–Kier alpha value is -2.27. The van der Waals surface area contributed by atoms with Gasteiger partial charge in [0.2, 0.25) is 0 Å². The summed E-state index contributed by atoms with van der Waals surface area (Å²) in [7, 11) is -2.04. The zero-order valence-electron chi connectivity index (χ0n) is 13.6. The second-order valence-electron chi connectivity index (χ2n) is 5.76. The van der Waals surface area contributed by atoms with Gasteiger partial charge in [-0.25, -0.2) is 8.42 Å². The van der Waals surface area contributed by atoms with E-state index >= 15 is 0 Å². The van der Waals surface area contributed by atoms with Crippen LogP contribution in [0.1, 0.15) is 18.4 Å². The monoisotopic (exact) mass is 344 g/mol. The van der Waals surface area contributed by atoms with Gasteiger partial charge in [0.05, 0.1) is 18.6 Å². The molecule has 4 nitrogen and oxygen atoms in total. The first-order valence-electron chi connectivity index (χ1n) is 7.77. The molecule has 1 aliphatic rings. The van der Waals surface area contributed by atoms with Crippen molar-refractivity contribution in [2.45, 2.75) is 22.5 Å². The average Bonchev–Trinajstić information content (AvgIpc) is 2.62. The van der Waals surface area contributed by atoms with E-state index in [9.17, 15) is 8.42 Å². The molecule has 0 saturated carbocycles. The number of fused-ring (bicyclic) bond motifs is 1. The summed E-state index contributed by atoms with van der Waals surface area (Å²) < 4.78 is 36.8. The van der Waals surface area contributed by atoms with Crippen molar-refractivity contribution in [3.8, 4) is 11.5 Å². The highest BCUT2D eigenvalue weighted by molar-refractivity contribution is 7.92. The minimum absolute atomic E-state index is 0.315.